The maximum absolute atomic E-state index is 11.9. The Balaban J connectivity index is 2.14. The van der Waals surface area contributed by atoms with Gasteiger partial charge in [0.1, 0.15) is 5.01 Å². The summed E-state index contributed by atoms with van der Waals surface area (Å²) < 4.78 is 5.95. The number of benzene rings is 2. The van der Waals surface area contributed by atoms with Crippen molar-refractivity contribution in [2.45, 2.75) is 5.33 Å². The van der Waals surface area contributed by atoms with E-state index in [0.29, 0.717) is 5.56 Å². The van der Waals surface area contributed by atoms with Crippen LogP contribution in [0.1, 0.15) is 15.9 Å². The Labute approximate surface area is 134 Å². The molecule has 0 fully saturated rings. The van der Waals surface area contributed by atoms with E-state index in [2.05, 4.69) is 27.0 Å². The highest BCUT2D eigenvalue weighted by Crippen LogP contribution is 2.33. The zero-order valence-corrected chi connectivity index (χ0v) is 13.7. The number of methoxy groups -OCH3 is 1. The highest BCUT2D eigenvalue weighted by Gasteiger charge is 2.15. The second-order valence-corrected chi connectivity index (χ2v) is 6.08. The van der Waals surface area contributed by atoms with Crippen molar-refractivity contribution in [2.75, 3.05) is 7.11 Å². The van der Waals surface area contributed by atoms with Crippen molar-refractivity contribution in [3.05, 3.63) is 53.6 Å². The molecule has 106 valence electrons. The smallest absolute Gasteiger partial charge is 0.338 e. The van der Waals surface area contributed by atoms with E-state index < -0.39 is 0 Å². The molecule has 0 N–H and O–H groups in total. The molecular weight excluding hydrogens is 350 g/mol. The van der Waals surface area contributed by atoms with Crippen LogP contribution >= 0.6 is 27.3 Å². The lowest BCUT2D eigenvalue weighted by Gasteiger charge is -2.04. The Morgan fingerprint density at radius 1 is 1.29 bits per heavy atom. The molecule has 5 heteroatoms. The van der Waals surface area contributed by atoms with E-state index >= 15 is 0 Å². The second-order valence-electron chi connectivity index (χ2n) is 4.49. The maximum Gasteiger partial charge on any atom is 0.338 e. The number of rotatable bonds is 3. The van der Waals surface area contributed by atoms with Crippen LogP contribution in [-0.2, 0) is 10.1 Å². The van der Waals surface area contributed by atoms with Crippen LogP contribution in [0.2, 0.25) is 0 Å². The van der Waals surface area contributed by atoms with Crippen LogP contribution in [0.3, 0.4) is 0 Å². The lowest BCUT2D eigenvalue weighted by atomic mass is 10.1. The van der Waals surface area contributed by atoms with Crippen molar-refractivity contribution in [3.63, 3.8) is 0 Å². The summed E-state index contributed by atoms with van der Waals surface area (Å²) >= 11 is 5.04. The molecule has 0 amide bonds. The normalized spacial score (nSPS) is 10.8. The minimum absolute atomic E-state index is 0.342. The number of hydrogen-bond donors (Lipinski definition) is 0. The fourth-order valence-electron chi connectivity index (χ4n) is 2.12. The van der Waals surface area contributed by atoms with Crippen molar-refractivity contribution in [1.82, 2.24) is 4.98 Å². The number of fused-ring (bicyclic) bond motifs is 1. The fourth-order valence-corrected chi connectivity index (χ4v) is 3.54. The molecule has 0 aliphatic carbocycles. The third-order valence-corrected chi connectivity index (χ3v) is 4.87. The summed E-state index contributed by atoms with van der Waals surface area (Å²) in [7, 11) is 1.39. The van der Waals surface area contributed by atoms with E-state index in [1.165, 1.54) is 12.7 Å². The summed E-state index contributed by atoms with van der Waals surface area (Å²) in [6.07, 6.45) is 0. The molecular formula is C16H12BrNO2S. The predicted octanol–water partition coefficient (Wildman–Crippen LogP) is 4.64. The van der Waals surface area contributed by atoms with Gasteiger partial charge in [0.25, 0.3) is 0 Å². The maximum atomic E-state index is 11.9. The van der Waals surface area contributed by atoms with E-state index in [1.54, 1.807) is 17.4 Å². The highest BCUT2D eigenvalue weighted by atomic mass is 79.9. The van der Waals surface area contributed by atoms with Crippen molar-refractivity contribution in [3.8, 4) is 10.6 Å². The van der Waals surface area contributed by atoms with Gasteiger partial charge >= 0.3 is 5.97 Å². The number of hydrogen-bond acceptors (Lipinski definition) is 4. The van der Waals surface area contributed by atoms with Gasteiger partial charge in [0.15, 0.2) is 0 Å². The number of esters is 1. The minimum atomic E-state index is -0.342. The molecule has 2 aromatic carbocycles. The molecule has 3 aromatic rings. The quantitative estimate of drug-likeness (QED) is 0.503. The van der Waals surface area contributed by atoms with Gasteiger partial charge in [-0.1, -0.05) is 40.2 Å². The summed E-state index contributed by atoms with van der Waals surface area (Å²) in [5.41, 5.74) is 3.50. The molecule has 21 heavy (non-hydrogen) atoms. The van der Waals surface area contributed by atoms with Gasteiger partial charge in [0, 0.05) is 10.9 Å². The Morgan fingerprint density at radius 2 is 2.10 bits per heavy atom. The number of halogens is 1. The number of thiazole rings is 1. The Morgan fingerprint density at radius 3 is 2.86 bits per heavy atom. The van der Waals surface area contributed by atoms with Gasteiger partial charge in [-0.25, -0.2) is 9.78 Å². The van der Waals surface area contributed by atoms with Crippen LogP contribution in [0.4, 0.5) is 0 Å². The number of carbonyl (C=O) groups excluding carboxylic acids is 1. The molecule has 0 spiro atoms. The topological polar surface area (TPSA) is 39.2 Å². The summed E-state index contributed by atoms with van der Waals surface area (Å²) in [6.45, 7) is 0. The monoisotopic (exact) mass is 361 g/mol. The van der Waals surface area contributed by atoms with Gasteiger partial charge < -0.3 is 4.74 Å². The Hall–Kier alpha value is -1.72. The first kappa shape index (κ1) is 14.2. The van der Waals surface area contributed by atoms with Crippen LogP contribution in [-0.4, -0.2) is 18.1 Å². The standard InChI is InChI=1S/C16H12BrNO2S/c1-20-16(19)12-5-3-2-4-11(12)15-18-13-7-6-10(9-17)8-14(13)21-15/h2-8H,9H2,1H3. The average molecular weight is 362 g/mol. The van der Waals surface area contributed by atoms with Crippen LogP contribution in [0, 0.1) is 0 Å². The Bertz CT molecular complexity index is 813. The molecule has 3 rings (SSSR count). The van der Waals surface area contributed by atoms with Crippen molar-refractivity contribution < 1.29 is 9.53 Å². The number of alkyl halides is 1. The van der Waals surface area contributed by atoms with Gasteiger partial charge in [-0.3, -0.25) is 0 Å². The first-order chi connectivity index (χ1) is 10.2. The van der Waals surface area contributed by atoms with Gasteiger partial charge in [-0.15, -0.1) is 11.3 Å². The van der Waals surface area contributed by atoms with Crippen molar-refractivity contribution >= 4 is 43.5 Å². The summed E-state index contributed by atoms with van der Waals surface area (Å²) in [5.74, 6) is -0.342. The average Bonchev–Trinajstić information content (AvgIpc) is 2.96. The predicted molar refractivity (Wildman–Crippen MR) is 89.0 cm³/mol. The van der Waals surface area contributed by atoms with Crippen LogP contribution in [0.5, 0.6) is 0 Å². The Kier molecular flexibility index (Phi) is 4.03. The largest absolute Gasteiger partial charge is 0.465 e. The molecule has 0 unspecified atom stereocenters. The molecule has 0 bridgehead atoms. The molecule has 1 aromatic heterocycles. The van der Waals surface area contributed by atoms with Crippen molar-refractivity contribution in [1.29, 1.82) is 0 Å². The van der Waals surface area contributed by atoms with E-state index in [4.69, 9.17) is 4.74 Å². The highest BCUT2D eigenvalue weighted by molar-refractivity contribution is 9.08. The van der Waals surface area contributed by atoms with E-state index in [-0.39, 0.29) is 5.97 Å². The summed E-state index contributed by atoms with van der Waals surface area (Å²) in [6, 6.07) is 13.6. The lowest BCUT2D eigenvalue weighted by Crippen LogP contribution is -2.02. The van der Waals surface area contributed by atoms with Gasteiger partial charge in [-0.2, -0.15) is 0 Å². The number of carbonyl (C=O) groups is 1. The van der Waals surface area contributed by atoms with Crippen molar-refractivity contribution in [2.24, 2.45) is 0 Å². The van der Waals surface area contributed by atoms with E-state index in [0.717, 1.165) is 26.1 Å². The second kappa shape index (κ2) is 5.95. The molecule has 0 aliphatic rings. The molecule has 0 saturated carbocycles. The molecule has 0 radical (unpaired) electrons. The summed E-state index contributed by atoms with van der Waals surface area (Å²) in [5, 5.41) is 1.65. The first-order valence-electron chi connectivity index (χ1n) is 6.36. The summed E-state index contributed by atoms with van der Waals surface area (Å²) in [4.78, 5) is 16.5. The fraction of sp³-hybridized carbons (Fsp3) is 0.125. The van der Waals surface area contributed by atoms with Gasteiger partial charge in [0.2, 0.25) is 0 Å². The van der Waals surface area contributed by atoms with Gasteiger partial charge in [0.05, 0.1) is 22.9 Å². The third-order valence-electron chi connectivity index (χ3n) is 3.17. The van der Waals surface area contributed by atoms with Crippen LogP contribution < -0.4 is 0 Å². The zero-order valence-electron chi connectivity index (χ0n) is 11.3. The third kappa shape index (κ3) is 2.71. The van der Waals surface area contributed by atoms with Crippen LogP contribution in [0.15, 0.2) is 42.5 Å². The first-order valence-corrected chi connectivity index (χ1v) is 8.30. The number of ether oxygens (including phenoxy) is 1. The molecule has 3 nitrogen and oxygen atoms in total. The lowest BCUT2D eigenvalue weighted by molar-refractivity contribution is 0.0601. The molecule has 0 atom stereocenters. The minimum Gasteiger partial charge on any atom is -0.465 e. The molecule has 1 heterocycles. The van der Waals surface area contributed by atoms with E-state index in [1.807, 2.05) is 30.3 Å². The van der Waals surface area contributed by atoms with E-state index in [9.17, 15) is 4.79 Å². The van der Waals surface area contributed by atoms with Gasteiger partial charge in [-0.05, 0) is 23.8 Å². The molecule has 0 saturated heterocycles. The molecule has 0 aliphatic heterocycles. The zero-order chi connectivity index (χ0) is 14.8. The number of nitrogens with zero attached hydrogens (tertiary/aromatic N) is 1. The SMILES string of the molecule is COC(=O)c1ccccc1-c1nc2ccc(CBr)cc2s1. The number of aromatic nitrogens is 1. The van der Waals surface area contributed by atoms with Crippen LogP contribution in [0.25, 0.3) is 20.8 Å².